The number of nitrogens with one attached hydrogen (secondary N) is 1. The molecule has 1 heterocycles. The fraction of sp³-hybridized carbons (Fsp3) is 0.500. The van der Waals surface area contributed by atoms with Gasteiger partial charge < -0.3 is 15.8 Å². The molecule has 0 radical (unpaired) electrons. The van der Waals surface area contributed by atoms with Gasteiger partial charge in [-0.1, -0.05) is 0 Å². The Labute approximate surface area is 116 Å². The quantitative estimate of drug-likeness (QED) is 0.833. The number of hydrogen-bond acceptors (Lipinski definition) is 3. The molecule has 1 atom stereocenters. The highest BCUT2D eigenvalue weighted by molar-refractivity contribution is 5.95. The van der Waals surface area contributed by atoms with E-state index in [-0.39, 0.29) is 17.4 Å². The number of anilines is 1. The first-order chi connectivity index (χ1) is 9.58. The van der Waals surface area contributed by atoms with Gasteiger partial charge in [0.05, 0.1) is 17.4 Å². The van der Waals surface area contributed by atoms with Crippen LogP contribution in [-0.2, 0) is 4.74 Å². The maximum Gasteiger partial charge on any atom is 0.254 e. The maximum atomic E-state index is 13.5. The van der Waals surface area contributed by atoms with E-state index in [2.05, 4.69) is 5.32 Å². The summed E-state index contributed by atoms with van der Waals surface area (Å²) < 4.78 is 32.0. The van der Waals surface area contributed by atoms with Gasteiger partial charge in [-0.15, -0.1) is 0 Å². The van der Waals surface area contributed by atoms with E-state index in [1.807, 2.05) is 0 Å². The summed E-state index contributed by atoms with van der Waals surface area (Å²) >= 11 is 0. The molecule has 20 heavy (non-hydrogen) atoms. The number of nitrogens with two attached hydrogens (primary N) is 1. The number of carbonyl (C=O) groups is 1. The number of halogens is 2. The molecule has 2 rings (SSSR count). The van der Waals surface area contributed by atoms with Gasteiger partial charge in [-0.2, -0.15) is 0 Å². The summed E-state index contributed by atoms with van der Waals surface area (Å²) in [5, 5.41) is 2.60. The van der Waals surface area contributed by atoms with Gasteiger partial charge in [0.2, 0.25) is 0 Å². The zero-order valence-corrected chi connectivity index (χ0v) is 11.1. The molecule has 1 fully saturated rings. The second kappa shape index (κ2) is 6.65. The molecule has 0 saturated carbocycles. The summed E-state index contributed by atoms with van der Waals surface area (Å²) in [6.45, 7) is 1.14. The third kappa shape index (κ3) is 3.66. The van der Waals surface area contributed by atoms with Gasteiger partial charge in [0, 0.05) is 19.2 Å². The lowest BCUT2D eigenvalue weighted by Gasteiger charge is -2.22. The van der Waals surface area contributed by atoms with E-state index in [4.69, 9.17) is 10.5 Å². The average Bonchev–Trinajstić information content (AvgIpc) is 2.44. The molecule has 1 aliphatic rings. The highest BCUT2D eigenvalue weighted by Gasteiger charge is 2.17. The molecule has 4 nitrogen and oxygen atoms in total. The van der Waals surface area contributed by atoms with Crippen molar-refractivity contribution >= 4 is 11.6 Å². The number of rotatable bonds is 4. The fourth-order valence-electron chi connectivity index (χ4n) is 2.22. The molecule has 0 spiro atoms. The van der Waals surface area contributed by atoms with E-state index in [0.717, 1.165) is 31.9 Å². The summed E-state index contributed by atoms with van der Waals surface area (Å²) in [5.41, 5.74) is 4.85. The molecule has 3 N–H and O–H groups in total. The summed E-state index contributed by atoms with van der Waals surface area (Å²) in [6.07, 6.45) is 4.01. The molecule has 1 aliphatic heterocycles. The lowest BCUT2D eigenvalue weighted by molar-refractivity contribution is 0.0117. The second-order valence-corrected chi connectivity index (χ2v) is 4.89. The highest BCUT2D eigenvalue weighted by Crippen LogP contribution is 2.17. The summed E-state index contributed by atoms with van der Waals surface area (Å²) in [6, 6.07) is 1.63. The Hall–Kier alpha value is -1.69. The van der Waals surface area contributed by atoms with Gasteiger partial charge in [0.25, 0.3) is 5.91 Å². The molecule has 6 heteroatoms. The maximum absolute atomic E-state index is 13.5. The molecular weight excluding hydrogens is 266 g/mol. The topological polar surface area (TPSA) is 64.4 Å². The Morgan fingerprint density at radius 3 is 2.85 bits per heavy atom. The number of benzene rings is 1. The van der Waals surface area contributed by atoms with Crippen LogP contribution in [0.25, 0.3) is 0 Å². The van der Waals surface area contributed by atoms with Crippen molar-refractivity contribution in [3.63, 3.8) is 0 Å². The molecule has 1 aromatic carbocycles. The van der Waals surface area contributed by atoms with Crippen molar-refractivity contribution < 1.29 is 18.3 Å². The van der Waals surface area contributed by atoms with E-state index in [0.29, 0.717) is 19.0 Å². The highest BCUT2D eigenvalue weighted by atomic mass is 19.1. The SMILES string of the molecule is Nc1cc(C(=O)NCCC2CCCCO2)c(F)cc1F. The van der Waals surface area contributed by atoms with E-state index in [1.54, 1.807) is 0 Å². The molecule has 1 saturated heterocycles. The Morgan fingerprint density at radius 1 is 1.35 bits per heavy atom. The number of ether oxygens (including phenoxy) is 1. The van der Waals surface area contributed by atoms with Crippen molar-refractivity contribution in [3.8, 4) is 0 Å². The van der Waals surface area contributed by atoms with Crippen LogP contribution < -0.4 is 11.1 Å². The van der Waals surface area contributed by atoms with Crippen LogP contribution in [0.4, 0.5) is 14.5 Å². The second-order valence-electron chi connectivity index (χ2n) is 4.89. The van der Waals surface area contributed by atoms with Gasteiger partial charge in [-0.05, 0) is 31.7 Å². The Balaban J connectivity index is 1.87. The minimum absolute atomic E-state index is 0.146. The predicted molar refractivity (Wildman–Crippen MR) is 71.3 cm³/mol. The van der Waals surface area contributed by atoms with Crippen LogP contribution in [-0.4, -0.2) is 25.2 Å². The molecule has 1 aromatic rings. The van der Waals surface area contributed by atoms with Crippen LogP contribution in [0.3, 0.4) is 0 Å². The largest absolute Gasteiger partial charge is 0.396 e. The molecule has 1 amide bonds. The predicted octanol–water partition coefficient (Wildman–Crippen LogP) is 2.24. The summed E-state index contributed by atoms with van der Waals surface area (Å²) in [4.78, 5) is 11.8. The first kappa shape index (κ1) is 14.7. The Morgan fingerprint density at radius 2 is 2.15 bits per heavy atom. The average molecular weight is 284 g/mol. The van der Waals surface area contributed by atoms with E-state index < -0.39 is 17.5 Å². The first-order valence-electron chi connectivity index (χ1n) is 6.72. The van der Waals surface area contributed by atoms with Crippen molar-refractivity contribution in [1.82, 2.24) is 5.32 Å². The summed E-state index contributed by atoms with van der Waals surface area (Å²) in [5.74, 6) is -2.37. The van der Waals surface area contributed by atoms with Crippen LogP contribution in [0.2, 0.25) is 0 Å². The number of amides is 1. The minimum Gasteiger partial charge on any atom is -0.396 e. The normalized spacial score (nSPS) is 18.8. The van der Waals surface area contributed by atoms with E-state index in [1.165, 1.54) is 0 Å². The Bertz CT molecular complexity index is 488. The standard InChI is InChI=1S/C14H18F2N2O2/c15-11-8-12(16)13(17)7-10(11)14(19)18-5-4-9-3-1-2-6-20-9/h7-9H,1-6,17H2,(H,18,19). The molecule has 1 unspecified atom stereocenters. The number of nitrogen functional groups attached to an aromatic ring is 1. The lowest BCUT2D eigenvalue weighted by Crippen LogP contribution is -2.30. The van der Waals surface area contributed by atoms with Gasteiger partial charge >= 0.3 is 0 Å². The molecular formula is C14H18F2N2O2. The van der Waals surface area contributed by atoms with Crippen LogP contribution in [0, 0.1) is 11.6 Å². The van der Waals surface area contributed by atoms with Crippen LogP contribution in [0.15, 0.2) is 12.1 Å². The number of carbonyl (C=O) groups excluding carboxylic acids is 1. The van der Waals surface area contributed by atoms with E-state index in [9.17, 15) is 13.6 Å². The van der Waals surface area contributed by atoms with Crippen molar-refractivity contribution in [1.29, 1.82) is 0 Å². The smallest absolute Gasteiger partial charge is 0.254 e. The molecule has 110 valence electrons. The van der Waals surface area contributed by atoms with Crippen molar-refractivity contribution in [2.45, 2.75) is 31.8 Å². The molecule has 0 bridgehead atoms. The molecule has 0 aromatic heterocycles. The van der Waals surface area contributed by atoms with Crippen molar-refractivity contribution in [2.24, 2.45) is 0 Å². The van der Waals surface area contributed by atoms with Gasteiger partial charge in [-0.25, -0.2) is 8.78 Å². The van der Waals surface area contributed by atoms with Crippen molar-refractivity contribution in [2.75, 3.05) is 18.9 Å². The van der Waals surface area contributed by atoms with Gasteiger partial charge in [0.15, 0.2) is 0 Å². The Kier molecular flexibility index (Phi) is 4.89. The summed E-state index contributed by atoms with van der Waals surface area (Å²) in [7, 11) is 0. The third-order valence-electron chi connectivity index (χ3n) is 3.36. The third-order valence-corrected chi connectivity index (χ3v) is 3.36. The van der Waals surface area contributed by atoms with E-state index >= 15 is 0 Å². The van der Waals surface area contributed by atoms with Crippen LogP contribution >= 0.6 is 0 Å². The van der Waals surface area contributed by atoms with Gasteiger partial charge in [0.1, 0.15) is 11.6 Å². The zero-order valence-electron chi connectivity index (χ0n) is 11.1. The molecule has 0 aliphatic carbocycles. The van der Waals surface area contributed by atoms with Crippen molar-refractivity contribution in [3.05, 3.63) is 29.3 Å². The van der Waals surface area contributed by atoms with Gasteiger partial charge in [-0.3, -0.25) is 4.79 Å². The minimum atomic E-state index is -0.914. The lowest BCUT2D eigenvalue weighted by atomic mass is 10.1. The zero-order chi connectivity index (χ0) is 14.5. The first-order valence-corrected chi connectivity index (χ1v) is 6.72. The van der Waals surface area contributed by atoms with Crippen LogP contribution in [0.1, 0.15) is 36.0 Å². The monoisotopic (exact) mass is 284 g/mol. The van der Waals surface area contributed by atoms with Crippen LogP contribution in [0.5, 0.6) is 0 Å². The fourth-order valence-corrected chi connectivity index (χ4v) is 2.22. The number of hydrogen-bond donors (Lipinski definition) is 2.